The SMILES string of the molecule is CC(C)(C)OC(=O)N1CCC1.Cc1ccc(NC(=O)N(C)c2ccccc2C(C)C)c(OC(F)F)n1. The Labute approximate surface area is 211 Å². The van der Waals surface area contributed by atoms with E-state index in [0.29, 0.717) is 5.69 Å². The van der Waals surface area contributed by atoms with Crippen molar-refractivity contribution in [2.75, 3.05) is 30.4 Å². The molecule has 1 N–H and O–H groups in total. The number of ether oxygens (including phenoxy) is 2. The molecular weight excluding hydrogens is 470 g/mol. The third-order valence-corrected chi connectivity index (χ3v) is 5.17. The highest BCUT2D eigenvalue weighted by Crippen LogP contribution is 2.28. The van der Waals surface area contributed by atoms with E-state index in [4.69, 9.17) is 4.74 Å². The van der Waals surface area contributed by atoms with Gasteiger partial charge < -0.3 is 19.7 Å². The molecule has 0 saturated carbocycles. The van der Waals surface area contributed by atoms with E-state index < -0.39 is 12.6 Å². The number of carbonyl (C=O) groups is 2. The summed E-state index contributed by atoms with van der Waals surface area (Å²) in [6, 6.07) is 10.1. The minimum Gasteiger partial charge on any atom is -0.444 e. The minimum atomic E-state index is -3.02. The first kappa shape index (κ1) is 28.8. The largest absolute Gasteiger partial charge is 0.444 e. The van der Waals surface area contributed by atoms with Crippen molar-refractivity contribution in [3.05, 3.63) is 47.7 Å². The highest BCUT2D eigenvalue weighted by atomic mass is 19.3. The minimum absolute atomic E-state index is 0.0878. The van der Waals surface area contributed by atoms with E-state index in [1.165, 1.54) is 11.0 Å². The lowest BCUT2D eigenvalue weighted by molar-refractivity contribution is -0.0524. The Bertz CT molecular complexity index is 1040. The number of anilines is 2. The van der Waals surface area contributed by atoms with Crippen LogP contribution in [0.3, 0.4) is 0 Å². The lowest BCUT2D eigenvalue weighted by Gasteiger charge is -2.32. The Morgan fingerprint density at radius 1 is 1.11 bits per heavy atom. The van der Waals surface area contributed by atoms with Crippen LogP contribution in [0.5, 0.6) is 5.88 Å². The van der Waals surface area contributed by atoms with Gasteiger partial charge in [-0.2, -0.15) is 8.78 Å². The Morgan fingerprint density at radius 3 is 2.28 bits per heavy atom. The predicted octanol–water partition coefficient (Wildman–Crippen LogP) is 6.41. The smallest absolute Gasteiger partial charge is 0.410 e. The monoisotopic (exact) mass is 506 g/mol. The van der Waals surface area contributed by atoms with E-state index >= 15 is 0 Å². The lowest BCUT2D eigenvalue weighted by atomic mass is 10.0. The second kappa shape index (κ2) is 12.5. The molecule has 1 aliphatic rings. The summed E-state index contributed by atoms with van der Waals surface area (Å²) < 4.78 is 34.6. The van der Waals surface area contributed by atoms with Crippen molar-refractivity contribution in [2.45, 2.75) is 66.1 Å². The Balaban J connectivity index is 0.000000346. The van der Waals surface area contributed by atoms with Gasteiger partial charge in [0.05, 0.1) is 0 Å². The number of halogens is 2. The summed E-state index contributed by atoms with van der Waals surface area (Å²) in [5, 5.41) is 2.57. The second-order valence-corrected chi connectivity index (χ2v) is 9.71. The Morgan fingerprint density at radius 2 is 1.75 bits per heavy atom. The molecule has 1 fully saturated rings. The molecule has 8 nitrogen and oxygen atoms in total. The number of benzene rings is 1. The van der Waals surface area contributed by atoms with Crippen LogP contribution in [0.25, 0.3) is 0 Å². The van der Waals surface area contributed by atoms with Crippen molar-refractivity contribution in [3.8, 4) is 5.88 Å². The number of carbonyl (C=O) groups excluding carboxylic acids is 2. The zero-order valence-corrected chi connectivity index (χ0v) is 22.0. The number of alkyl halides is 2. The van der Waals surface area contributed by atoms with Gasteiger partial charge in [0, 0.05) is 31.5 Å². The molecule has 2 heterocycles. The summed E-state index contributed by atoms with van der Waals surface area (Å²) in [6.45, 7) is 10.0. The predicted molar refractivity (Wildman–Crippen MR) is 136 cm³/mol. The number of urea groups is 1. The fraction of sp³-hybridized carbons (Fsp3) is 0.500. The van der Waals surface area contributed by atoms with Crippen molar-refractivity contribution < 1.29 is 27.8 Å². The molecule has 1 aliphatic heterocycles. The fourth-order valence-corrected chi connectivity index (χ4v) is 3.22. The van der Waals surface area contributed by atoms with E-state index in [9.17, 15) is 18.4 Å². The third kappa shape index (κ3) is 8.66. The standard InChI is InChI=1S/C18H21F2N3O2.C8H15NO2/c1-11(2)13-7-5-6-8-15(13)23(4)18(24)22-14-10-9-12(3)21-16(14)25-17(19)20;1-8(2,3)11-7(10)9-5-4-6-9/h5-11,17H,1-4H3,(H,22,24);4-6H2,1-3H3. The molecule has 0 unspecified atom stereocenters. The van der Waals surface area contributed by atoms with Gasteiger partial charge in [-0.25, -0.2) is 14.6 Å². The molecule has 0 radical (unpaired) electrons. The van der Waals surface area contributed by atoms with Crippen LogP contribution in [0.1, 0.15) is 58.2 Å². The van der Waals surface area contributed by atoms with E-state index in [0.717, 1.165) is 30.8 Å². The molecule has 0 bridgehead atoms. The summed E-state index contributed by atoms with van der Waals surface area (Å²) >= 11 is 0. The summed E-state index contributed by atoms with van der Waals surface area (Å²) in [4.78, 5) is 30.8. The number of aromatic nitrogens is 1. The average Bonchev–Trinajstić information content (AvgIpc) is 2.72. The van der Waals surface area contributed by atoms with Gasteiger partial charge in [0.1, 0.15) is 11.3 Å². The highest BCUT2D eigenvalue weighted by Gasteiger charge is 2.25. The number of hydrogen-bond acceptors (Lipinski definition) is 5. The van der Waals surface area contributed by atoms with Gasteiger partial charge in [0.2, 0.25) is 5.88 Å². The maximum absolute atomic E-state index is 12.6. The molecule has 3 rings (SSSR count). The highest BCUT2D eigenvalue weighted by molar-refractivity contribution is 6.02. The topological polar surface area (TPSA) is 84.0 Å². The van der Waals surface area contributed by atoms with Gasteiger partial charge in [-0.1, -0.05) is 32.0 Å². The molecule has 3 amide bonds. The number of rotatable bonds is 5. The molecule has 36 heavy (non-hydrogen) atoms. The number of amides is 3. The first-order valence-electron chi connectivity index (χ1n) is 11.8. The number of nitrogens with one attached hydrogen (secondary N) is 1. The summed E-state index contributed by atoms with van der Waals surface area (Å²) in [5.41, 5.74) is 1.99. The first-order valence-corrected chi connectivity index (χ1v) is 11.8. The summed E-state index contributed by atoms with van der Waals surface area (Å²) in [7, 11) is 1.62. The Hall–Kier alpha value is -3.43. The van der Waals surface area contributed by atoms with Crippen molar-refractivity contribution >= 4 is 23.5 Å². The van der Waals surface area contributed by atoms with Crippen molar-refractivity contribution in [2.24, 2.45) is 0 Å². The van der Waals surface area contributed by atoms with Crippen LogP contribution in [-0.2, 0) is 4.74 Å². The van der Waals surface area contributed by atoms with Gasteiger partial charge in [-0.05, 0) is 63.8 Å². The van der Waals surface area contributed by atoms with Gasteiger partial charge in [0.25, 0.3) is 0 Å². The van der Waals surface area contributed by atoms with Gasteiger partial charge in [-0.15, -0.1) is 0 Å². The molecule has 0 spiro atoms. The van der Waals surface area contributed by atoms with Crippen LogP contribution < -0.4 is 15.0 Å². The van der Waals surface area contributed by atoms with Gasteiger partial charge in [0.15, 0.2) is 0 Å². The van der Waals surface area contributed by atoms with Crippen LogP contribution >= 0.6 is 0 Å². The number of para-hydroxylation sites is 1. The summed E-state index contributed by atoms with van der Waals surface area (Å²) in [6.07, 6.45) is 0.933. The first-order chi connectivity index (χ1) is 16.8. The third-order valence-electron chi connectivity index (χ3n) is 5.17. The quantitative estimate of drug-likeness (QED) is 0.507. The van der Waals surface area contributed by atoms with Gasteiger partial charge in [-0.3, -0.25) is 4.90 Å². The number of likely N-dealkylation sites (tertiary alicyclic amines) is 1. The number of aryl methyl sites for hydroxylation is 1. The van der Waals surface area contributed by atoms with Crippen molar-refractivity contribution in [3.63, 3.8) is 0 Å². The number of hydrogen-bond donors (Lipinski definition) is 1. The maximum atomic E-state index is 12.6. The molecular formula is C26H36F2N4O4. The normalized spacial score (nSPS) is 12.9. The molecule has 0 atom stereocenters. The molecule has 198 valence electrons. The molecule has 0 aliphatic carbocycles. The molecule has 1 aromatic carbocycles. The maximum Gasteiger partial charge on any atom is 0.410 e. The van der Waals surface area contributed by atoms with Crippen LogP contribution in [0, 0.1) is 6.92 Å². The number of nitrogens with zero attached hydrogens (tertiary/aromatic N) is 3. The average molecular weight is 507 g/mol. The van der Waals surface area contributed by atoms with E-state index in [1.54, 1.807) is 24.9 Å². The van der Waals surface area contributed by atoms with Crippen LogP contribution in [-0.4, -0.2) is 54.4 Å². The van der Waals surface area contributed by atoms with E-state index in [1.807, 2.05) is 58.9 Å². The molecule has 1 saturated heterocycles. The van der Waals surface area contributed by atoms with Crippen molar-refractivity contribution in [1.82, 2.24) is 9.88 Å². The van der Waals surface area contributed by atoms with Crippen LogP contribution in [0.2, 0.25) is 0 Å². The number of pyridine rings is 1. The molecule has 2 aromatic rings. The summed E-state index contributed by atoms with van der Waals surface area (Å²) in [5.74, 6) is -0.0842. The van der Waals surface area contributed by atoms with Gasteiger partial charge >= 0.3 is 18.7 Å². The fourth-order valence-electron chi connectivity index (χ4n) is 3.22. The Kier molecular flexibility index (Phi) is 10.0. The molecule has 1 aromatic heterocycles. The van der Waals surface area contributed by atoms with E-state index in [2.05, 4.69) is 15.0 Å². The van der Waals surface area contributed by atoms with Crippen molar-refractivity contribution in [1.29, 1.82) is 0 Å². The molecule has 10 heteroatoms. The zero-order chi connectivity index (χ0) is 27.0. The van der Waals surface area contributed by atoms with Crippen LogP contribution in [0.4, 0.5) is 29.7 Å². The van der Waals surface area contributed by atoms with E-state index in [-0.39, 0.29) is 29.2 Å². The second-order valence-electron chi connectivity index (χ2n) is 9.71. The lowest BCUT2D eigenvalue weighted by Crippen LogP contribution is -2.44. The zero-order valence-electron chi connectivity index (χ0n) is 22.0. The van der Waals surface area contributed by atoms with Crippen LogP contribution in [0.15, 0.2) is 36.4 Å².